The van der Waals surface area contributed by atoms with Crippen LogP contribution in [0.1, 0.15) is 32.6 Å². The van der Waals surface area contributed by atoms with Gasteiger partial charge in [-0.1, -0.05) is 0 Å². The van der Waals surface area contributed by atoms with E-state index in [1.165, 1.54) is 0 Å². The van der Waals surface area contributed by atoms with Crippen molar-refractivity contribution in [3.63, 3.8) is 0 Å². The Morgan fingerprint density at radius 2 is 2.31 bits per heavy atom. The molecule has 6 heteroatoms. The molecule has 2 N–H and O–H groups in total. The summed E-state index contributed by atoms with van der Waals surface area (Å²) in [5.41, 5.74) is 0. The maximum absolute atomic E-state index is 11.6. The molecule has 0 aromatic carbocycles. The van der Waals surface area contributed by atoms with Crippen LogP contribution in [0, 0.1) is 0 Å². The van der Waals surface area contributed by atoms with Gasteiger partial charge >= 0.3 is 0 Å². The van der Waals surface area contributed by atoms with Gasteiger partial charge in [-0.3, -0.25) is 0 Å². The summed E-state index contributed by atoms with van der Waals surface area (Å²) < 4.78 is 31.0. The van der Waals surface area contributed by atoms with Crippen LogP contribution >= 0.6 is 0 Å². The van der Waals surface area contributed by atoms with E-state index in [0.717, 1.165) is 12.8 Å². The molecule has 2 unspecified atom stereocenters. The van der Waals surface area contributed by atoms with Gasteiger partial charge in [-0.25, -0.2) is 13.1 Å². The maximum atomic E-state index is 11.6. The molecule has 0 saturated carbocycles. The molecule has 2 atom stereocenters. The molecule has 16 heavy (non-hydrogen) atoms. The highest BCUT2D eigenvalue weighted by Gasteiger charge is 2.22. The minimum atomic E-state index is -3.22. The number of sulfonamides is 1. The lowest BCUT2D eigenvalue weighted by molar-refractivity contribution is 0.127. The molecular formula is C10H21NO4S. The summed E-state index contributed by atoms with van der Waals surface area (Å²) in [6.45, 7) is 2.75. The standard InChI is InChI=1S/C10H21NO4S/c1-9(12)4-2-6-11-16(13,14)8-10-5-3-7-15-10/h9-12H,2-8H2,1H3. The Labute approximate surface area is 97.2 Å². The van der Waals surface area contributed by atoms with Crippen LogP contribution in [-0.2, 0) is 14.8 Å². The number of nitrogens with one attached hydrogen (secondary N) is 1. The smallest absolute Gasteiger partial charge is 0.214 e. The quantitative estimate of drug-likeness (QED) is 0.636. The van der Waals surface area contributed by atoms with Crippen molar-refractivity contribution in [2.75, 3.05) is 18.9 Å². The third kappa shape index (κ3) is 5.79. The van der Waals surface area contributed by atoms with Crippen LogP contribution in [0.5, 0.6) is 0 Å². The lowest BCUT2D eigenvalue weighted by atomic mass is 10.2. The zero-order chi connectivity index (χ0) is 12.0. The Bertz CT molecular complexity index is 283. The highest BCUT2D eigenvalue weighted by molar-refractivity contribution is 7.89. The Kier molecular flexibility index (Phi) is 5.68. The van der Waals surface area contributed by atoms with Crippen LogP contribution in [-0.4, -0.2) is 44.6 Å². The molecule has 0 amide bonds. The monoisotopic (exact) mass is 251 g/mol. The minimum Gasteiger partial charge on any atom is -0.393 e. The van der Waals surface area contributed by atoms with E-state index < -0.39 is 10.0 Å². The summed E-state index contributed by atoms with van der Waals surface area (Å²) in [5, 5.41) is 9.01. The fourth-order valence-electron chi connectivity index (χ4n) is 1.70. The van der Waals surface area contributed by atoms with Crippen molar-refractivity contribution in [1.82, 2.24) is 4.72 Å². The number of hydrogen-bond donors (Lipinski definition) is 2. The average molecular weight is 251 g/mol. The summed E-state index contributed by atoms with van der Waals surface area (Å²) in [7, 11) is -3.22. The third-order valence-electron chi connectivity index (χ3n) is 2.55. The van der Waals surface area contributed by atoms with E-state index in [0.29, 0.717) is 26.0 Å². The molecule has 0 spiro atoms. The average Bonchev–Trinajstić information content (AvgIpc) is 2.64. The molecule has 1 rings (SSSR count). The van der Waals surface area contributed by atoms with Crippen LogP contribution in [0.3, 0.4) is 0 Å². The van der Waals surface area contributed by atoms with Crippen LogP contribution in [0.4, 0.5) is 0 Å². The van der Waals surface area contributed by atoms with Crippen molar-refractivity contribution in [2.45, 2.75) is 44.8 Å². The highest BCUT2D eigenvalue weighted by Crippen LogP contribution is 2.13. The number of aliphatic hydroxyl groups is 1. The predicted molar refractivity (Wildman–Crippen MR) is 61.7 cm³/mol. The minimum absolute atomic E-state index is 0.0572. The number of ether oxygens (including phenoxy) is 1. The zero-order valence-corrected chi connectivity index (χ0v) is 10.5. The zero-order valence-electron chi connectivity index (χ0n) is 9.68. The second-order valence-corrected chi connectivity index (χ2v) is 6.15. The molecule has 1 saturated heterocycles. The van der Waals surface area contributed by atoms with Gasteiger partial charge in [0.25, 0.3) is 0 Å². The van der Waals surface area contributed by atoms with Crippen molar-refractivity contribution < 1.29 is 18.3 Å². The molecule has 5 nitrogen and oxygen atoms in total. The molecule has 96 valence electrons. The van der Waals surface area contributed by atoms with Crippen molar-refractivity contribution in [1.29, 1.82) is 0 Å². The summed E-state index contributed by atoms with van der Waals surface area (Å²) in [4.78, 5) is 0. The number of rotatable bonds is 7. The van der Waals surface area contributed by atoms with Gasteiger partial charge in [0.15, 0.2) is 0 Å². The lowest BCUT2D eigenvalue weighted by Crippen LogP contribution is -2.32. The van der Waals surface area contributed by atoms with E-state index in [-0.39, 0.29) is 18.0 Å². The third-order valence-corrected chi connectivity index (χ3v) is 4.00. The van der Waals surface area contributed by atoms with E-state index in [1.807, 2.05) is 0 Å². The van der Waals surface area contributed by atoms with E-state index in [1.54, 1.807) is 6.92 Å². The van der Waals surface area contributed by atoms with Gasteiger partial charge in [-0.2, -0.15) is 0 Å². The Morgan fingerprint density at radius 3 is 2.88 bits per heavy atom. The van der Waals surface area contributed by atoms with Gasteiger partial charge < -0.3 is 9.84 Å². The first kappa shape index (κ1) is 13.9. The molecule has 1 aliphatic heterocycles. The lowest BCUT2D eigenvalue weighted by Gasteiger charge is -2.11. The molecule has 0 aromatic rings. The second-order valence-electron chi connectivity index (χ2n) is 4.30. The SMILES string of the molecule is CC(O)CCCNS(=O)(=O)CC1CCCO1. The van der Waals surface area contributed by atoms with Crippen LogP contribution in [0.15, 0.2) is 0 Å². The second kappa shape index (κ2) is 6.54. The van der Waals surface area contributed by atoms with E-state index in [4.69, 9.17) is 9.84 Å². The van der Waals surface area contributed by atoms with Crippen molar-refractivity contribution in [3.8, 4) is 0 Å². The van der Waals surface area contributed by atoms with Crippen molar-refractivity contribution in [2.24, 2.45) is 0 Å². The fraction of sp³-hybridized carbons (Fsp3) is 1.00. The summed E-state index contributed by atoms with van der Waals surface area (Å²) >= 11 is 0. The maximum Gasteiger partial charge on any atom is 0.214 e. The highest BCUT2D eigenvalue weighted by atomic mass is 32.2. The first-order chi connectivity index (χ1) is 7.49. The Balaban J connectivity index is 2.18. The van der Waals surface area contributed by atoms with Gasteiger partial charge in [0, 0.05) is 13.2 Å². The van der Waals surface area contributed by atoms with Crippen LogP contribution < -0.4 is 4.72 Å². The summed E-state index contributed by atoms with van der Waals surface area (Å²) in [6, 6.07) is 0. The molecule has 0 aromatic heterocycles. The number of aliphatic hydroxyl groups excluding tert-OH is 1. The van der Waals surface area contributed by atoms with E-state index in [9.17, 15) is 8.42 Å². The summed E-state index contributed by atoms with van der Waals surface area (Å²) in [6.07, 6.45) is 2.53. The summed E-state index contributed by atoms with van der Waals surface area (Å²) in [5.74, 6) is 0.0572. The Hall–Kier alpha value is -0.170. The molecule has 0 radical (unpaired) electrons. The number of hydrogen-bond acceptors (Lipinski definition) is 4. The molecule has 0 bridgehead atoms. The topological polar surface area (TPSA) is 75.6 Å². The Morgan fingerprint density at radius 1 is 1.56 bits per heavy atom. The fourth-order valence-corrected chi connectivity index (χ4v) is 3.03. The van der Waals surface area contributed by atoms with Crippen LogP contribution in [0.25, 0.3) is 0 Å². The largest absolute Gasteiger partial charge is 0.393 e. The molecule has 1 fully saturated rings. The van der Waals surface area contributed by atoms with E-state index >= 15 is 0 Å². The van der Waals surface area contributed by atoms with E-state index in [2.05, 4.69) is 4.72 Å². The molecule has 1 aliphatic rings. The van der Waals surface area contributed by atoms with Gasteiger partial charge in [0.2, 0.25) is 10.0 Å². The molecule has 1 heterocycles. The molecule has 0 aliphatic carbocycles. The van der Waals surface area contributed by atoms with Gasteiger partial charge in [0.05, 0.1) is 18.0 Å². The van der Waals surface area contributed by atoms with Crippen LogP contribution in [0.2, 0.25) is 0 Å². The molecular weight excluding hydrogens is 230 g/mol. The van der Waals surface area contributed by atoms with Crippen molar-refractivity contribution in [3.05, 3.63) is 0 Å². The van der Waals surface area contributed by atoms with Gasteiger partial charge in [-0.15, -0.1) is 0 Å². The van der Waals surface area contributed by atoms with Crippen molar-refractivity contribution >= 4 is 10.0 Å². The first-order valence-electron chi connectivity index (χ1n) is 5.76. The first-order valence-corrected chi connectivity index (χ1v) is 7.42. The van der Waals surface area contributed by atoms with Gasteiger partial charge in [-0.05, 0) is 32.6 Å². The van der Waals surface area contributed by atoms with Gasteiger partial charge in [0.1, 0.15) is 0 Å². The normalized spacial score (nSPS) is 23.5. The predicted octanol–water partition coefficient (Wildman–Crippen LogP) is 0.246.